The number of nitrogens with zero attached hydrogens (tertiary/aromatic N) is 2. The van der Waals surface area contributed by atoms with Crippen LogP contribution in [-0.4, -0.2) is 15.9 Å². The number of rotatable bonds is 5. The van der Waals surface area contributed by atoms with Crippen molar-refractivity contribution in [3.05, 3.63) is 71.9 Å². The molecular formula is C17H13F2N3O2. The van der Waals surface area contributed by atoms with Gasteiger partial charge in [-0.15, -0.1) is 0 Å². The van der Waals surface area contributed by atoms with Crippen molar-refractivity contribution in [2.24, 2.45) is 0 Å². The molecule has 0 aliphatic carbocycles. The summed E-state index contributed by atoms with van der Waals surface area (Å²) >= 11 is 0. The van der Waals surface area contributed by atoms with Gasteiger partial charge in [-0.3, -0.25) is 9.78 Å². The summed E-state index contributed by atoms with van der Waals surface area (Å²) in [7, 11) is 0. The van der Waals surface area contributed by atoms with Crippen molar-refractivity contribution in [2.45, 2.75) is 13.0 Å². The molecule has 2 heterocycles. The van der Waals surface area contributed by atoms with E-state index in [0.29, 0.717) is 17.1 Å². The van der Waals surface area contributed by atoms with Gasteiger partial charge in [0.25, 0.3) is 0 Å². The molecule has 0 aliphatic rings. The number of nitrogens with one attached hydrogen (secondary N) is 1. The number of halogens is 2. The molecule has 0 aliphatic heterocycles. The molecule has 1 amide bonds. The van der Waals surface area contributed by atoms with E-state index in [1.54, 1.807) is 12.1 Å². The molecule has 3 aromatic rings. The van der Waals surface area contributed by atoms with Crippen LogP contribution in [0, 0.1) is 11.6 Å². The maximum absolute atomic E-state index is 13.6. The largest absolute Gasteiger partial charge is 0.463 e. The zero-order valence-corrected chi connectivity index (χ0v) is 12.5. The fourth-order valence-electron chi connectivity index (χ4n) is 2.20. The quantitative estimate of drug-likeness (QED) is 0.781. The Hall–Kier alpha value is -3.09. The van der Waals surface area contributed by atoms with Gasteiger partial charge in [0.05, 0.1) is 24.9 Å². The monoisotopic (exact) mass is 329 g/mol. The van der Waals surface area contributed by atoms with E-state index < -0.39 is 17.5 Å². The van der Waals surface area contributed by atoms with Crippen LogP contribution >= 0.6 is 0 Å². The molecule has 24 heavy (non-hydrogen) atoms. The minimum absolute atomic E-state index is 0.117. The van der Waals surface area contributed by atoms with Gasteiger partial charge in [-0.05, 0) is 23.8 Å². The second-order valence-corrected chi connectivity index (χ2v) is 5.02. The Balaban J connectivity index is 1.67. The highest BCUT2D eigenvalue weighted by Gasteiger charge is 2.13. The number of carbonyl (C=O) groups excluding carboxylic acids is 1. The Labute approximate surface area is 136 Å². The second kappa shape index (κ2) is 6.99. The zero-order valence-electron chi connectivity index (χ0n) is 12.5. The topological polar surface area (TPSA) is 68.0 Å². The van der Waals surface area contributed by atoms with E-state index in [1.165, 1.54) is 24.7 Å². The van der Waals surface area contributed by atoms with Crippen LogP contribution in [0.1, 0.15) is 11.3 Å². The lowest BCUT2D eigenvalue weighted by Gasteiger charge is -2.08. The first-order valence-electron chi connectivity index (χ1n) is 7.18. The summed E-state index contributed by atoms with van der Waals surface area (Å²) in [6.45, 7) is 0.117. The number of carbonyl (C=O) groups is 1. The van der Waals surface area contributed by atoms with E-state index in [4.69, 9.17) is 4.42 Å². The van der Waals surface area contributed by atoms with Gasteiger partial charge in [0, 0.05) is 18.5 Å². The molecule has 0 bridgehead atoms. The Morgan fingerprint density at radius 1 is 1.17 bits per heavy atom. The SMILES string of the molecule is O=C(Cc1ccc(F)cc1F)NCc1nccnc1-c1ccco1. The van der Waals surface area contributed by atoms with Gasteiger partial charge in [-0.25, -0.2) is 13.8 Å². The smallest absolute Gasteiger partial charge is 0.224 e. The molecule has 0 atom stereocenters. The lowest BCUT2D eigenvalue weighted by atomic mass is 10.1. The lowest BCUT2D eigenvalue weighted by molar-refractivity contribution is -0.120. The van der Waals surface area contributed by atoms with Crippen LogP contribution in [0.3, 0.4) is 0 Å². The van der Waals surface area contributed by atoms with Gasteiger partial charge in [0.2, 0.25) is 5.91 Å². The van der Waals surface area contributed by atoms with Crippen LogP contribution in [0.2, 0.25) is 0 Å². The Morgan fingerprint density at radius 3 is 2.75 bits per heavy atom. The summed E-state index contributed by atoms with van der Waals surface area (Å²) in [5, 5.41) is 2.65. The van der Waals surface area contributed by atoms with Crippen molar-refractivity contribution in [1.29, 1.82) is 0 Å². The summed E-state index contributed by atoms with van der Waals surface area (Å²) < 4.78 is 31.7. The van der Waals surface area contributed by atoms with Crippen molar-refractivity contribution in [3.63, 3.8) is 0 Å². The summed E-state index contributed by atoms with van der Waals surface area (Å²) in [6.07, 6.45) is 4.36. The fraction of sp³-hybridized carbons (Fsp3) is 0.118. The maximum atomic E-state index is 13.6. The normalized spacial score (nSPS) is 10.6. The van der Waals surface area contributed by atoms with Crippen molar-refractivity contribution in [3.8, 4) is 11.5 Å². The maximum Gasteiger partial charge on any atom is 0.224 e. The third-order valence-electron chi connectivity index (χ3n) is 3.35. The van der Waals surface area contributed by atoms with Crippen LogP contribution in [-0.2, 0) is 17.8 Å². The third kappa shape index (κ3) is 3.62. The number of furan rings is 1. The van der Waals surface area contributed by atoms with Gasteiger partial charge >= 0.3 is 0 Å². The first-order chi connectivity index (χ1) is 11.6. The molecule has 3 rings (SSSR count). The van der Waals surface area contributed by atoms with E-state index in [1.807, 2.05) is 0 Å². The zero-order chi connectivity index (χ0) is 16.9. The highest BCUT2D eigenvalue weighted by Crippen LogP contribution is 2.19. The minimum Gasteiger partial charge on any atom is -0.463 e. The molecule has 0 saturated heterocycles. The van der Waals surface area contributed by atoms with Crippen molar-refractivity contribution < 1.29 is 18.0 Å². The number of amides is 1. The third-order valence-corrected chi connectivity index (χ3v) is 3.35. The Kier molecular flexibility index (Phi) is 4.60. The molecule has 0 saturated carbocycles. The highest BCUT2D eigenvalue weighted by molar-refractivity contribution is 5.78. The van der Waals surface area contributed by atoms with Gasteiger partial charge in [0.15, 0.2) is 5.76 Å². The molecule has 7 heteroatoms. The number of aromatic nitrogens is 2. The van der Waals surface area contributed by atoms with Crippen LogP contribution < -0.4 is 5.32 Å². The molecule has 122 valence electrons. The average Bonchev–Trinajstić information content (AvgIpc) is 3.10. The van der Waals surface area contributed by atoms with Gasteiger partial charge < -0.3 is 9.73 Å². The predicted molar refractivity (Wildman–Crippen MR) is 81.6 cm³/mol. The molecule has 5 nitrogen and oxygen atoms in total. The van der Waals surface area contributed by atoms with Gasteiger partial charge in [-0.1, -0.05) is 6.07 Å². The lowest BCUT2D eigenvalue weighted by Crippen LogP contribution is -2.25. The highest BCUT2D eigenvalue weighted by atomic mass is 19.1. The average molecular weight is 329 g/mol. The molecule has 0 unspecified atom stereocenters. The number of hydrogen-bond donors (Lipinski definition) is 1. The van der Waals surface area contributed by atoms with Crippen molar-refractivity contribution in [2.75, 3.05) is 0 Å². The van der Waals surface area contributed by atoms with E-state index >= 15 is 0 Å². The first-order valence-corrected chi connectivity index (χ1v) is 7.18. The number of hydrogen-bond acceptors (Lipinski definition) is 4. The van der Waals surface area contributed by atoms with E-state index in [0.717, 1.165) is 12.1 Å². The van der Waals surface area contributed by atoms with Crippen LogP contribution in [0.25, 0.3) is 11.5 Å². The first kappa shape index (κ1) is 15.8. The fourth-order valence-corrected chi connectivity index (χ4v) is 2.20. The molecule has 0 spiro atoms. The molecular weight excluding hydrogens is 316 g/mol. The summed E-state index contributed by atoms with van der Waals surface area (Å²) in [4.78, 5) is 20.4. The van der Waals surface area contributed by atoms with Crippen LogP contribution in [0.4, 0.5) is 8.78 Å². The summed E-state index contributed by atoms with van der Waals surface area (Å²) in [5.41, 5.74) is 1.18. The Morgan fingerprint density at radius 2 is 2.00 bits per heavy atom. The minimum atomic E-state index is -0.749. The molecule has 1 N–H and O–H groups in total. The summed E-state index contributed by atoms with van der Waals surface area (Å²) in [5.74, 6) is -1.30. The Bertz CT molecular complexity index is 851. The molecule has 2 aromatic heterocycles. The van der Waals surface area contributed by atoms with E-state index in [2.05, 4.69) is 15.3 Å². The van der Waals surface area contributed by atoms with Gasteiger partial charge in [-0.2, -0.15) is 0 Å². The van der Waals surface area contributed by atoms with E-state index in [-0.39, 0.29) is 18.5 Å². The van der Waals surface area contributed by atoms with E-state index in [9.17, 15) is 13.6 Å². The standard InChI is InChI=1S/C17H13F2N3O2/c18-12-4-3-11(13(19)9-12)8-16(23)22-10-14-17(21-6-5-20-14)15-2-1-7-24-15/h1-7,9H,8,10H2,(H,22,23). The molecule has 0 fully saturated rings. The number of benzene rings is 1. The van der Waals surface area contributed by atoms with Crippen LogP contribution in [0.15, 0.2) is 53.4 Å². The van der Waals surface area contributed by atoms with Gasteiger partial charge in [0.1, 0.15) is 17.3 Å². The molecule has 0 radical (unpaired) electrons. The van der Waals surface area contributed by atoms with Crippen molar-refractivity contribution in [1.82, 2.24) is 15.3 Å². The predicted octanol–water partition coefficient (Wildman–Crippen LogP) is 2.87. The molecule has 1 aromatic carbocycles. The van der Waals surface area contributed by atoms with Crippen LogP contribution in [0.5, 0.6) is 0 Å². The summed E-state index contributed by atoms with van der Waals surface area (Å²) in [6, 6.07) is 6.58. The van der Waals surface area contributed by atoms with Crippen molar-refractivity contribution >= 4 is 5.91 Å². The second-order valence-electron chi connectivity index (χ2n) is 5.02.